The summed E-state index contributed by atoms with van der Waals surface area (Å²) in [6.07, 6.45) is 7.03. The second-order valence-corrected chi connectivity index (χ2v) is 4.92. The lowest BCUT2D eigenvalue weighted by Crippen LogP contribution is -2.33. The van der Waals surface area contributed by atoms with E-state index in [1.807, 2.05) is 0 Å². The molecule has 2 unspecified atom stereocenters. The highest BCUT2D eigenvalue weighted by Gasteiger charge is 2.21. The van der Waals surface area contributed by atoms with Crippen molar-refractivity contribution >= 4 is 0 Å². The maximum Gasteiger partial charge on any atom is 0.0558 e. The Bertz CT molecular complexity index is 161. The van der Waals surface area contributed by atoms with Crippen LogP contribution in [0.25, 0.3) is 0 Å². The summed E-state index contributed by atoms with van der Waals surface area (Å²) >= 11 is 0. The quantitative estimate of drug-likeness (QED) is 0.733. The van der Waals surface area contributed by atoms with Crippen molar-refractivity contribution in [3.05, 3.63) is 0 Å². The van der Waals surface area contributed by atoms with Crippen molar-refractivity contribution in [2.24, 2.45) is 11.8 Å². The van der Waals surface area contributed by atoms with Crippen molar-refractivity contribution in [3.63, 3.8) is 0 Å². The molecule has 1 saturated carbocycles. The molecule has 2 heteroatoms. The Balaban J connectivity index is 2.29. The molecule has 2 atom stereocenters. The van der Waals surface area contributed by atoms with Crippen LogP contribution in [0.5, 0.6) is 0 Å². The van der Waals surface area contributed by atoms with E-state index < -0.39 is 0 Å². The van der Waals surface area contributed by atoms with Gasteiger partial charge in [-0.2, -0.15) is 0 Å². The van der Waals surface area contributed by atoms with Gasteiger partial charge < -0.3 is 10.0 Å². The normalized spacial score (nSPS) is 27.2. The monoisotopic (exact) mass is 213 g/mol. The van der Waals surface area contributed by atoms with Crippen LogP contribution >= 0.6 is 0 Å². The van der Waals surface area contributed by atoms with E-state index in [0.717, 1.165) is 24.9 Å². The minimum Gasteiger partial charge on any atom is -0.395 e. The molecule has 0 aromatic heterocycles. The average molecular weight is 213 g/mol. The molecular weight excluding hydrogens is 186 g/mol. The number of rotatable bonds is 6. The first kappa shape index (κ1) is 13.0. The topological polar surface area (TPSA) is 23.5 Å². The zero-order chi connectivity index (χ0) is 11.1. The van der Waals surface area contributed by atoms with Crippen molar-refractivity contribution in [2.75, 3.05) is 26.2 Å². The van der Waals surface area contributed by atoms with Crippen molar-refractivity contribution in [1.82, 2.24) is 4.90 Å². The third kappa shape index (κ3) is 4.52. The van der Waals surface area contributed by atoms with Gasteiger partial charge in [0.1, 0.15) is 0 Å². The molecule has 0 amide bonds. The van der Waals surface area contributed by atoms with E-state index in [2.05, 4.69) is 18.7 Å². The Kier molecular flexibility index (Phi) is 6.26. The lowest BCUT2D eigenvalue weighted by Gasteiger charge is -2.32. The van der Waals surface area contributed by atoms with Crippen LogP contribution in [0.1, 0.15) is 46.0 Å². The lowest BCUT2D eigenvalue weighted by atomic mass is 9.80. The van der Waals surface area contributed by atoms with Gasteiger partial charge in [0.15, 0.2) is 0 Å². The second kappa shape index (κ2) is 7.24. The average Bonchev–Trinajstić information content (AvgIpc) is 2.29. The number of likely N-dealkylation sites (N-methyl/N-ethyl adjacent to an activating group) is 1. The summed E-state index contributed by atoms with van der Waals surface area (Å²) in [5, 5.41) is 8.95. The van der Waals surface area contributed by atoms with Crippen LogP contribution in [0.15, 0.2) is 0 Å². The first-order chi connectivity index (χ1) is 7.30. The third-order valence-corrected chi connectivity index (χ3v) is 3.85. The number of hydrogen-bond acceptors (Lipinski definition) is 2. The summed E-state index contributed by atoms with van der Waals surface area (Å²) in [5.41, 5.74) is 0. The second-order valence-electron chi connectivity index (χ2n) is 4.92. The Morgan fingerprint density at radius 3 is 2.53 bits per heavy atom. The molecule has 0 bridgehead atoms. The van der Waals surface area contributed by atoms with Crippen LogP contribution in [-0.4, -0.2) is 36.2 Å². The van der Waals surface area contributed by atoms with Gasteiger partial charge in [0.2, 0.25) is 0 Å². The SMILES string of the molecule is CCC1CCCC(CN(CC)CCO)C1. The van der Waals surface area contributed by atoms with E-state index in [1.54, 1.807) is 0 Å². The van der Waals surface area contributed by atoms with Crippen LogP contribution in [0.2, 0.25) is 0 Å². The number of aliphatic hydroxyl groups excluding tert-OH is 1. The maximum absolute atomic E-state index is 8.95. The van der Waals surface area contributed by atoms with E-state index in [0.29, 0.717) is 6.61 Å². The molecule has 0 heterocycles. The van der Waals surface area contributed by atoms with E-state index in [1.165, 1.54) is 38.6 Å². The van der Waals surface area contributed by atoms with Gasteiger partial charge in [0, 0.05) is 13.1 Å². The molecule has 1 fully saturated rings. The molecule has 2 nitrogen and oxygen atoms in total. The first-order valence-corrected chi connectivity index (χ1v) is 6.63. The van der Waals surface area contributed by atoms with Crippen molar-refractivity contribution in [1.29, 1.82) is 0 Å². The summed E-state index contributed by atoms with van der Waals surface area (Å²) < 4.78 is 0. The molecule has 0 aliphatic heterocycles. The van der Waals surface area contributed by atoms with Crippen LogP contribution in [0, 0.1) is 11.8 Å². The first-order valence-electron chi connectivity index (χ1n) is 6.63. The van der Waals surface area contributed by atoms with Crippen molar-refractivity contribution in [3.8, 4) is 0 Å². The highest BCUT2D eigenvalue weighted by Crippen LogP contribution is 2.31. The summed E-state index contributed by atoms with van der Waals surface area (Å²) in [6.45, 7) is 7.94. The molecule has 1 rings (SSSR count). The molecule has 0 aromatic carbocycles. The Hall–Kier alpha value is -0.0800. The van der Waals surface area contributed by atoms with Gasteiger partial charge in [-0.1, -0.05) is 33.1 Å². The molecule has 15 heavy (non-hydrogen) atoms. The molecule has 0 aromatic rings. The zero-order valence-electron chi connectivity index (χ0n) is 10.4. The molecule has 1 aliphatic rings. The number of aliphatic hydroxyl groups is 1. The Labute approximate surface area is 94.7 Å². The molecular formula is C13H27NO. The van der Waals surface area contributed by atoms with Gasteiger partial charge in [-0.3, -0.25) is 0 Å². The zero-order valence-corrected chi connectivity index (χ0v) is 10.4. The van der Waals surface area contributed by atoms with E-state index in [4.69, 9.17) is 5.11 Å². The third-order valence-electron chi connectivity index (χ3n) is 3.85. The smallest absolute Gasteiger partial charge is 0.0558 e. The van der Waals surface area contributed by atoms with Crippen LogP contribution in [0.3, 0.4) is 0 Å². The highest BCUT2D eigenvalue weighted by atomic mass is 16.3. The minimum absolute atomic E-state index is 0.303. The fourth-order valence-corrected chi connectivity index (χ4v) is 2.82. The van der Waals surface area contributed by atoms with Gasteiger partial charge in [0.05, 0.1) is 6.61 Å². The Morgan fingerprint density at radius 1 is 1.20 bits per heavy atom. The maximum atomic E-state index is 8.95. The molecule has 0 spiro atoms. The van der Waals surface area contributed by atoms with Gasteiger partial charge in [0.25, 0.3) is 0 Å². The molecule has 0 saturated heterocycles. The van der Waals surface area contributed by atoms with Gasteiger partial charge in [-0.15, -0.1) is 0 Å². The molecule has 90 valence electrons. The lowest BCUT2D eigenvalue weighted by molar-refractivity contribution is 0.150. The number of nitrogens with zero attached hydrogens (tertiary/aromatic N) is 1. The van der Waals surface area contributed by atoms with Crippen LogP contribution in [0.4, 0.5) is 0 Å². The molecule has 1 aliphatic carbocycles. The fraction of sp³-hybridized carbons (Fsp3) is 1.00. The molecule has 1 N–H and O–H groups in total. The highest BCUT2D eigenvalue weighted by molar-refractivity contribution is 4.75. The van der Waals surface area contributed by atoms with Crippen molar-refractivity contribution in [2.45, 2.75) is 46.0 Å². The fourth-order valence-electron chi connectivity index (χ4n) is 2.82. The van der Waals surface area contributed by atoms with Gasteiger partial charge in [-0.05, 0) is 31.2 Å². The predicted octanol–water partition coefficient (Wildman–Crippen LogP) is 2.52. The number of hydrogen-bond donors (Lipinski definition) is 1. The predicted molar refractivity (Wildman–Crippen MR) is 64.9 cm³/mol. The summed E-state index contributed by atoms with van der Waals surface area (Å²) in [7, 11) is 0. The standard InChI is InChI=1S/C13H27NO/c1-3-12-6-5-7-13(10-12)11-14(4-2)8-9-15/h12-13,15H,3-11H2,1-2H3. The van der Waals surface area contributed by atoms with Crippen molar-refractivity contribution < 1.29 is 5.11 Å². The Morgan fingerprint density at radius 2 is 1.93 bits per heavy atom. The van der Waals surface area contributed by atoms with E-state index >= 15 is 0 Å². The summed E-state index contributed by atoms with van der Waals surface area (Å²) in [6, 6.07) is 0. The minimum atomic E-state index is 0.303. The van der Waals surface area contributed by atoms with Gasteiger partial charge >= 0.3 is 0 Å². The summed E-state index contributed by atoms with van der Waals surface area (Å²) in [4.78, 5) is 2.39. The van der Waals surface area contributed by atoms with E-state index in [-0.39, 0.29) is 0 Å². The van der Waals surface area contributed by atoms with Crippen LogP contribution < -0.4 is 0 Å². The summed E-state index contributed by atoms with van der Waals surface area (Å²) in [5.74, 6) is 1.85. The largest absolute Gasteiger partial charge is 0.395 e. The van der Waals surface area contributed by atoms with Crippen LogP contribution in [-0.2, 0) is 0 Å². The molecule has 0 radical (unpaired) electrons. The van der Waals surface area contributed by atoms with Gasteiger partial charge in [-0.25, -0.2) is 0 Å². The van der Waals surface area contributed by atoms with E-state index in [9.17, 15) is 0 Å².